The topological polar surface area (TPSA) is 66.8 Å². The summed E-state index contributed by atoms with van der Waals surface area (Å²) in [6.07, 6.45) is 4.16. The van der Waals surface area contributed by atoms with Gasteiger partial charge in [-0.15, -0.1) is 0 Å². The maximum atomic E-state index is 11.8. The number of likely N-dealkylation sites (tertiary alicyclic amines) is 1. The number of unbranched alkanes of at least 4 members (excludes halogenated alkanes) is 1. The van der Waals surface area contributed by atoms with Crippen molar-refractivity contribution < 1.29 is 19.4 Å². The van der Waals surface area contributed by atoms with Crippen LogP contribution in [0.15, 0.2) is 0 Å². The maximum Gasteiger partial charge on any atom is 0.410 e. The summed E-state index contributed by atoms with van der Waals surface area (Å²) in [6.45, 7) is 3.07. The van der Waals surface area contributed by atoms with Gasteiger partial charge in [-0.2, -0.15) is 0 Å². The van der Waals surface area contributed by atoms with Crippen molar-refractivity contribution >= 4 is 12.1 Å². The quantitative estimate of drug-likeness (QED) is 0.752. The number of piperidine rings is 1. The summed E-state index contributed by atoms with van der Waals surface area (Å²) in [7, 11) is 0. The lowest BCUT2D eigenvalue weighted by Crippen LogP contribution is -2.45. The Morgan fingerprint density at radius 1 is 1.41 bits per heavy atom. The lowest BCUT2D eigenvalue weighted by Gasteiger charge is -2.34. The van der Waals surface area contributed by atoms with Crippen LogP contribution in [0.4, 0.5) is 4.79 Å². The molecule has 1 rings (SSSR count). The molecule has 0 aromatic rings. The first-order valence-electron chi connectivity index (χ1n) is 6.30. The Morgan fingerprint density at radius 2 is 2.18 bits per heavy atom. The van der Waals surface area contributed by atoms with E-state index in [0.29, 0.717) is 13.2 Å². The van der Waals surface area contributed by atoms with E-state index < -0.39 is 5.97 Å². The fourth-order valence-electron chi connectivity index (χ4n) is 2.04. The highest BCUT2D eigenvalue weighted by atomic mass is 16.6. The molecule has 17 heavy (non-hydrogen) atoms. The van der Waals surface area contributed by atoms with Crippen molar-refractivity contribution in [2.75, 3.05) is 13.2 Å². The molecule has 1 aliphatic heterocycles. The lowest BCUT2D eigenvalue weighted by molar-refractivity contribution is -0.138. The third-order valence-corrected chi connectivity index (χ3v) is 3.00. The van der Waals surface area contributed by atoms with Crippen molar-refractivity contribution in [3.05, 3.63) is 0 Å². The second kappa shape index (κ2) is 7.14. The zero-order valence-corrected chi connectivity index (χ0v) is 10.4. The first kappa shape index (κ1) is 13.8. The van der Waals surface area contributed by atoms with Crippen LogP contribution in [0, 0.1) is 0 Å². The number of carbonyl (C=O) groups excluding carboxylic acids is 1. The molecule has 1 saturated heterocycles. The van der Waals surface area contributed by atoms with E-state index in [0.717, 1.165) is 32.1 Å². The van der Waals surface area contributed by atoms with Gasteiger partial charge in [-0.3, -0.25) is 4.79 Å². The zero-order chi connectivity index (χ0) is 12.7. The molecule has 1 fully saturated rings. The average molecular weight is 243 g/mol. The number of hydrogen-bond donors (Lipinski definition) is 1. The molecule has 1 amide bonds. The Morgan fingerprint density at radius 3 is 2.82 bits per heavy atom. The van der Waals surface area contributed by atoms with Crippen molar-refractivity contribution in [1.29, 1.82) is 0 Å². The molecule has 5 heteroatoms. The molecule has 0 aromatic heterocycles. The summed E-state index contributed by atoms with van der Waals surface area (Å²) in [5.74, 6) is -0.858. The summed E-state index contributed by atoms with van der Waals surface area (Å²) >= 11 is 0. The van der Waals surface area contributed by atoms with E-state index in [-0.39, 0.29) is 18.6 Å². The second-order valence-electron chi connectivity index (χ2n) is 4.41. The highest BCUT2D eigenvalue weighted by Crippen LogP contribution is 2.20. The van der Waals surface area contributed by atoms with Gasteiger partial charge in [-0.1, -0.05) is 13.3 Å². The van der Waals surface area contributed by atoms with E-state index in [2.05, 4.69) is 0 Å². The van der Waals surface area contributed by atoms with Crippen LogP contribution in [0.2, 0.25) is 0 Å². The molecular weight excluding hydrogens is 222 g/mol. The van der Waals surface area contributed by atoms with Gasteiger partial charge in [0.1, 0.15) is 0 Å². The van der Waals surface area contributed by atoms with Crippen LogP contribution in [-0.4, -0.2) is 41.3 Å². The van der Waals surface area contributed by atoms with Crippen LogP contribution >= 0.6 is 0 Å². The minimum atomic E-state index is -0.858. The zero-order valence-electron chi connectivity index (χ0n) is 10.4. The monoisotopic (exact) mass is 243 g/mol. The standard InChI is InChI=1S/C12H21NO4/c1-2-3-8-17-12(16)13-7-5-4-6-10(13)9-11(14)15/h10H,2-9H2,1H3,(H,14,15). The molecule has 98 valence electrons. The Bertz CT molecular complexity index is 267. The molecular formula is C12H21NO4. The van der Waals surface area contributed by atoms with E-state index >= 15 is 0 Å². The fraction of sp³-hybridized carbons (Fsp3) is 0.833. The van der Waals surface area contributed by atoms with Gasteiger partial charge < -0.3 is 14.7 Å². The van der Waals surface area contributed by atoms with E-state index in [9.17, 15) is 9.59 Å². The smallest absolute Gasteiger partial charge is 0.410 e. The molecule has 1 unspecified atom stereocenters. The van der Waals surface area contributed by atoms with Crippen molar-refractivity contribution in [2.24, 2.45) is 0 Å². The Kier molecular flexibility index (Phi) is 5.80. The number of amides is 1. The third-order valence-electron chi connectivity index (χ3n) is 3.00. The SMILES string of the molecule is CCCCOC(=O)N1CCCCC1CC(=O)O. The van der Waals surface area contributed by atoms with Crippen molar-refractivity contribution in [1.82, 2.24) is 4.90 Å². The van der Waals surface area contributed by atoms with Crippen molar-refractivity contribution in [3.8, 4) is 0 Å². The van der Waals surface area contributed by atoms with Crippen molar-refractivity contribution in [3.63, 3.8) is 0 Å². The highest BCUT2D eigenvalue weighted by Gasteiger charge is 2.29. The summed E-state index contributed by atoms with van der Waals surface area (Å²) < 4.78 is 5.13. The number of carboxylic acid groups (broad SMARTS) is 1. The predicted octanol–water partition coefficient (Wildman–Crippen LogP) is 2.25. The van der Waals surface area contributed by atoms with Gasteiger partial charge in [0.05, 0.1) is 13.0 Å². The number of nitrogens with zero attached hydrogens (tertiary/aromatic N) is 1. The largest absolute Gasteiger partial charge is 0.481 e. The molecule has 1 aliphatic rings. The molecule has 1 heterocycles. The number of rotatable bonds is 5. The van der Waals surface area contributed by atoms with E-state index in [4.69, 9.17) is 9.84 Å². The average Bonchev–Trinajstić information content (AvgIpc) is 2.29. The molecule has 0 spiro atoms. The van der Waals surface area contributed by atoms with Gasteiger partial charge in [0, 0.05) is 12.6 Å². The van der Waals surface area contributed by atoms with Crippen molar-refractivity contribution in [2.45, 2.75) is 51.5 Å². The third kappa shape index (κ3) is 4.63. The first-order chi connectivity index (χ1) is 8.15. The highest BCUT2D eigenvalue weighted by molar-refractivity contribution is 5.71. The lowest BCUT2D eigenvalue weighted by atomic mass is 10.00. The van der Waals surface area contributed by atoms with Gasteiger partial charge in [-0.25, -0.2) is 4.79 Å². The Balaban J connectivity index is 2.45. The Hall–Kier alpha value is -1.26. The van der Waals surface area contributed by atoms with Gasteiger partial charge >= 0.3 is 12.1 Å². The minimum absolute atomic E-state index is 0.0167. The van der Waals surface area contributed by atoms with Gasteiger partial charge in [0.25, 0.3) is 0 Å². The molecule has 0 radical (unpaired) electrons. The van der Waals surface area contributed by atoms with Crippen LogP contribution in [-0.2, 0) is 9.53 Å². The minimum Gasteiger partial charge on any atom is -0.481 e. The summed E-state index contributed by atoms with van der Waals surface area (Å²) in [6, 6.07) is -0.199. The second-order valence-corrected chi connectivity index (χ2v) is 4.41. The number of aliphatic carboxylic acids is 1. The Labute approximate surface area is 102 Å². The number of carbonyl (C=O) groups is 2. The van der Waals surface area contributed by atoms with Gasteiger partial charge in [0.2, 0.25) is 0 Å². The van der Waals surface area contributed by atoms with Crippen LogP contribution < -0.4 is 0 Å². The van der Waals surface area contributed by atoms with E-state index in [1.807, 2.05) is 6.92 Å². The van der Waals surface area contributed by atoms with Gasteiger partial charge in [0.15, 0.2) is 0 Å². The number of hydrogen-bond acceptors (Lipinski definition) is 3. The summed E-state index contributed by atoms with van der Waals surface area (Å²) in [5.41, 5.74) is 0. The summed E-state index contributed by atoms with van der Waals surface area (Å²) in [5, 5.41) is 8.80. The first-order valence-corrected chi connectivity index (χ1v) is 6.30. The van der Waals surface area contributed by atoms with Crippen LogP contribution in [0.5, 0.6) is 0 Å². The van der Waals surface area contributed by atoms with Crippen LogP contribution in [0.25, 0.3) is 0 Å². The molecule has 0 aromatic carbocycles. The predicted molar refractivity (Wildman–Crippen MR) is 62.9 cm³/mol. The van der Waals surface area contributed by atoms with Crippen LogP contribution in [0.1, 0.15) is 45.4 Å². The molecule has 0 aliphatic carbocycles. The number of ether oxygens (including phenoxy) is 1. The fourth-order valence-corrected chi connectivity index (χ4v) is 2.04. The normalized spacial score (nSPS) is 20.1. The number of carboxylic acids is 1. The molecule has 0 bridgehead atoms. The molecule has 1 atom stereocenters. The molecule has 1 N–H and O–H groups in total. The van der Waals surface area contributed by atoms with E-state index in [1.54, 1.807) is 4.90 Å². The summed E-state index contributed by atoms with van der Waals surface area (Å²) in [4.78, 5) is 24.1. The molecule has 5 nitrogen and oxygen atoms in total. The molecule has 0 saturated carbocycles. The van der Waals surface area contributed by atoms with Crippen LogP contribution in [0.3, 0.4) is 0 Å². The van der Waals surface area contributed by atoms with Gasteiger partial charge in [-0.05, 0) is 25.7 Å². The maximum absolute atomic E-state index is 11.8. The van der Waals surface area contributed by atoms with E-state index in [1.165, 1.54) is 0 Å².